The van der Waals surface area contributed by atoms with E-state index in [1.807, 2.05) is 0 Å². The van der Waals surface area contributed by atoms with Crippen molar-refractivity contribution in [1.82, 2.24) is 0 Å². The summed E-state index contributed by atoms with van der Waals surface area (Å²) in [5, 5.41) is 8.93. The molecule has 1 unspecified atom stereocenters. The van der Waals surface area contributed by atoms with Crippen molar-refractivity contribution in [3.63, 3.8) is 0 Å². The number of esters is 3. The van der Waals surface area contributed by atoms with Gasteiger partial charge in [0.15, 0.2) is 0 Å². The zero-order valence-corrected chi connectivity index (χ0v) is 22.6. The molecule has 1 aliphatic carbocycles. The summed E-state index contributed by atoms with van der Waals surface area (Å²) in [7, 11) is 0. The van der Waals surface area contributed by atoms with E-state index in [0.717, 1.165) is 0 Å². The second-order valence-electron chi connectivity index (χ2n) is 6.76. The van der Waals surface area contributed by atoms with Crippen molar-refractivity contribution in [3.8, 4) is 0 Å². The molecule has 0 radical (unpaired) electrons. The molecule has 33 heavy (non-hydrogen) atoms. The van der Waals surface area contributed by atoms with Gasteiger partial charge in [-0.05, 0) is 27.7 Å². The van der Waals surface area contributed by atoms with E-state index in [2.05, 4.69) is 0 Å². The first-order valence-corrected chi connectivity index (χ1v) is 10.7. The summed E-state index contributed by atoms with van der Waals surface area (Å²) < 4.78 is 14.2. The maximum Gasteiger partial charge on any atom is 1.00 e. The van der Waals surface area contributed by atoms with Gasteiger partial charge < -0.3 is 24.1 Å². The minimum atomic E-state index is -0.725. The van der Waals surface area contributed by atoms with Gasteiger partial charge in [-0.25, -0.2) is 0 Å². The maximum atomic E-state index is 11.4. The zero-order valence-electron chi connectivity index (χ0n) is 20.6. The fourth-order valence-corrected chi connectivity index (χ4v) is 2.68. The van der Waals surface area contributed by atoms with Crippen molar-refractivity contribution in [2.75, 3.05) is 26.4 Å². The summed E-state index contributed by atoms with van der Waals surface area (Å²) in [5.41, 5.74) is 0. The van der Waals surface area contributed by atoms with E-state index in [9.17, 15) is 28.8 Å². The predicted octanol–water partition coefficient (Wildman–Crippen LogP) is -2.04. The van der Waals surface area contributed by atoms with E-state index in [-0.39, 0.29) is 105 Å². The van der Waals surface area contributed by atoms with Crippen molar-refractivity contribution in [1.29, 1.82) is 0 Å². The van der Waals surface area contributed by atoms with Crippen LogP contribution in [-0.2, 0) is 43.0 Å². The number of carbonyl (C=O) groups excluding carboxylic acids is 6. The van der Waals surface area contributed by atoms with Crippen LogP contribution in [0.4, 0.5) is 0 Å². The van der Waals surface area contributed by atoms with Crippen LogP contribution >= 0.6 is 0 Å². The molecule has 0 amide bonds. The first-order chi connectivity index (χ1) is 15.1. The molecule has 1 aliphatic rings. The molecule has 10 nitrogen and oxygen atoms in total. The quantitative estimate of drug-likeness (QED) is 0.155. The zero-order chi connectivity index (χ0) is 25.1. The second kappa shape index (κ2) is 22.2. The average Bonchev–Trinajstić information content (AvgIpc) is 2.68. The van der Waals surface area contributed by atoms with Crippen molar-refractivity contribution < 1.29 is 77.6 Å². The molecule has 0 aromatic rings. The predicted molar refractivity (Wildman–Crippen MR) is 111 cm³/mol. The van der Waals surface area contributed by atoms with E-state index in [1.165, 1.54) is 6.92 Å². The number of hydrogen-bond acceptors (Lipinski definition) is 10. The Morgan fingerprint density at radius 1 is 0.879 bits per heavy atom. The topological polar surface area (TPSA) is 153 Å². The number of hydrogen-bond donors (Lipinski definition) is 0. The Morgan fingerprint density at radius 2 is 1.33 bits per heavy atom. The molecule has 0 aliphatic heterocycles. The van der Waals surface area contributed by atoms with Crippen LogP contribution in [0, 0.1) is 11.8 Å². The van der Waals surface area contributed by atoms with Gasteiger partial charge in [-0.15, -0.1) is 6.61 Å². The average molecular weight is 483 g/mol. The molecule has 1 fully saturated rings. The smallest absolute Gasteiger partial charge is 0.855 e. The van der Waals surface area contributed by atoms with Crippen molar-refractivity contribution in [2.24, 2.45) is 11.8 Å². The Bertz CT molecular complexity index is 617. The summed E-state index contributed by atoms with van der Waals surface area (Å²) in [5.74, 6) is -3.16. The van der Waals surface area contributed by atoms with E-state index < -0.39 is 29.7 Å². The van der Waals surface area contributed by atoms with E-state index in [1.54, 1.807) is 27.7 Å². The molecule has 0 spiro atoms. The second-order valence-corrected chi connectivity index (χ2v) is 6.76. The third-order valence-electron chi connectivity index (χ3n) is 3.83. The van der Waals surface area contributed by atoms with Gasteiger partial charge in [-0.2, -0.15) is 0 Å². The Labute approximate surface area is 217 Å². The third kappa shape index (κ3) is 19.5. The minimum absolute atomic E-state index is 0. The van der Waals surface area contributed by atoms with Gasteiger partial charge in [0.25, 0.3) is 0 Å². The van der Waals surface area contributed by atoms with Crippen LogP contribution in [0.3, 0.4) is 0 Å². The third-order valence-corrected chi connectivity index (χ3v) is 3.83. The van der Waals surface area contributed by atoms with Crippen LogP contribution in [0.25, 0.3) is 0 Å². The number of ketones is 3. The van der Waals surface area contributed by atoms with Crippen LogP contribution in [0.15, 0.2) is 0 Å². The van der Waals surface area contributed by atoms with Crippen molar-refractivity contribution in [2.45, 2.75) is 66.7 Å². The first kappa shape index (κ1) is 36.0. The van der Waals surface area contributed by atoms with Crippen molar-refractivity contribution in [3.05, 3.63) is 0 Å². The standard InChI is InChI=1S/C11H18O5.C9H12O4.C2H5O.Na/c1-4-15-10(13)7-9(6-8(3)12)11(14)16-5-2;1-2-13-9(12)6-3-7(10)5-8(11)4-6;1-2-3;/h9H,4-7H2,1-3H3;6H,2-5H2,1H3;2H2,1H3;/q;;-1;+1. The molecule has 0 heterocycles. The number of carbonyl (C=O) groups is 6. The minimum Gasteiger partial charge on any atom is -0.855 e. The van der Waals surface area contributed by atoms with Crippen molar-refractivity contribution >= 4 is 35.3 Å². The summed E-state index contributed by atoms with van der Waals surface area (Å²) in [6, 6.07) is 0. The molecule has 11 heteroatoms. The molecule has 0 N–H and O–H groups in total. The van der Waals surface area contributed by atoms with Crippen LogP contribution in [0.1, 0.15) is 66.7 Å². The number of rotatable bonds is 9. The van der Waals surface area contributed by atoms with E-state index in [0.29, 0.717) is 0 Å². The Balaban J connectivity index is -0.000000480. The molecule has 0 aromatic heterocycles. The van der Waals surface area contributed by atoms with Crippen LogP contribution in [0.5, 0.6) is 0 Å². The van der Waals surface area contributed by atoms with Gasteiger partial charge >= 0.3 is 47.5 Å². The molecular weight excluding hydrogens is 447 g/mol. The summed E-state index contributed by atoms with van der Waals surface area (Å²) in [6.45, 7) is 8.78. The molecular formula is C22H35NaO10. The first-order valence-electron chi connectivity index (χ1n) is 10.7. The van der Waals surface area contributed by atoms with Gasteiger partial charge in [0, 0.05) is 19.3 Å². The summed E-state index contributed by atoms with van der Waals surface area (Å²) >= 11 is 0. The van der Waals surface area contributed by atoms with Gasteiger partial charge in [-0.3, -0.25) is 24.0 Å². The number of Topliss-reactive ketones (excluding diaryl/α,β-unsaturated/α-hetero) is 3. The molecule has 1 rings (SSSR count). The van der Waals surface area contributed by atoms with Gasteiger partial charge in [-0.1, -0.05) is 6.92 Å². The monoisotopic (exact) mass is 482 g/mol. The number of ether oxygens (including phenoxy) is 3. The van der Waals surface area contributed by atoms with E-state index in [4.69, 9.17) is 19.3 Å². The van der Waals surface area contributed by atoms with Crippen LogP contribution < -0.4 is 34.7 Å². The largest absolute Gasteiger partial charge is 1.00 e. The SMILES string of the molecule is CCOC(=O)C1CC(=O)CC(=O)C1.CCOC(=O)CC(CC(C)=O)C(=O)OCC.CC[O-].[Na+]. The van der Waals surface area contributed by atoms with Gasteiger partial charge in [0.05, 0.1) is 44.5 Å². The molecule has 184 valence electrons. The van der Waals surface area contributed by atoms with Crippen LogP contribution in [-0.4, -0.2) is 61.7 Å². The molecule has 0 saturated heterocycles. The summed E-state index contributed by atoms with van der Waals surface area (Å²) in [6.07, 6.45) is 0.203. The Morgan fingerprint density at radius 3 is 1.73 bits per heavy atom. The molecule has 1 saturated carbocycles. The normalized spacial score (nSPS) is 13.6. The summed E-state index contributed by atoms with van der Waals surface area (Å²) in [4.78, 5) is 66.7. The van der Waals surface area contributed by atoms with Gasteiger partial charge in [0.1, 0.15) is 17.3 Å². The molecule has 0 aromatic carbocycles. The molecule has 1 atom stereocenters. The Hall–Kier alpha value is -1.62. The Kier molecular flexibility index (Phi) is 24.2. The van der Waals surface area contributed by atoms with Crippen LogP contribution in [0.2, 0.25) is 0 Å². The van der Waals surface area contributed by atoms with E-state index >= 15 is 0 Å². The fourth-order valence-electron chi connectivity index (χ4n) is 2.68. The maximum absolute atomic E-state index is 11.4. The molecule has 0 bridgehead atoms. The fraction of sp³-hybridized carbons (Fsp3) is 0.727. The van der Waals surface area contributed by atoms with Gasteiger partial charge in [0.2, 0.25) is 0 Å².